The lowest BCUT2D eigenvalue weighted by Crippen LogP contribution is -2.87. The normalized spacial score (nSPS) is 52.9. The SMILES string of the molecule is C=C[Si]12O[Si]3(C=C)O[Si@]4(C=C)O[Si@@]5(C=C)O[Si]6(C=C)O[Si]7(C=C)O[Si@](C=C)(O[Si@@](C=C)(O1)O[Si@@](C=C)(O3)O[Si@](C=C)(O7)O5)O[Si@@](C=C)(O6)O[Si@](C=C)(O2)O4. The van der Waals surface area contributed by atoms with Gasteiger partial charge in [0.2, 0.25) is 0 Å². The van der Waals surface area contributed by atoms with Crippen molar-refractivity contribution in [1.82, 2.24) is 0 Å². The first-order valence-corrected chi connectivity index (χ1v) is 37.3. The zero-order chi connectivity index (χ0) is 39.2. The van der Waals surface area contributed by atoms with Crippen LogP contribution in [-0.4, -0.2) is 106 Å². The molecule has 288 valence electrons. The Labute approximate surface area is 325 Å². The summed E-state index contributed by atoms with van der Waals surface area (Å²) in [4.78, 5) is 0. The molecular weight excluding hydrogens is 913 g/mol. The molecule has 8 rings (SSSR count). The highest BCUT2D eigenvalue weighted by atomic mass is 28.6. The Balaban J connectivity index is 1.77. The zero-order valence-electron chi connectivity index (χ0n) is 28.8. The summed E-state index contributed by atoms with van der Waals surface area (Å²) >= 11 is 0. The third-order valence-corrected chi connectivity index (χ3v) is 55.1. The summed E-state index contributed by atoms with van der Waals surface area (Å²) in [5.41, 5.74) is 15.2. The first-order valence-electron chi connectivity index (χ1n) is 15.7. The van der Waals surface area contributed by atoms with Gasteiger partial charge in [-0.15, -0.1) is 78.9 Å². The minimum Gasteiger partial charge on any atom is -0.367 e. The average molecular weight is 950 g/mol. The van der Waals surface area contributed by atoms with Gasteiger partial charge in [0.05, 0.1) is 0 Å². The Hall–Kier alpha value is -1.24. The summed E-state index contributed by atoms with van der Waals surface area (Å²) < 4.78 is 124. The largest absolute Gasteiger partial charge is 0.507 e. The Kier molecular flexibility index (Phi) is 9.96. The summed E-state index contributed by atoms with van der Waals surface area (Å²) in [6, 6.07) is 0. The third kappa shape index (κ3) is 6.17. The molecule has 18 nitrogen and oxygen atoms in total. The van der Waals surface area contributed by atoms with E-state index in [4.69, 9.17) is 74.1 Å². The molecule has 12 bridgehead atoms. The van der Waals surface area contributed by atoms with Gasteiger partial charge in [0.1, 0.15) is 0 Å². The van der Waals surface area contributed by atoms with Crippen molar-refractivity contribution >= 4 is 106 Å². The van der Waals surface area contributed by atoms with Crippen molar-refractivity contribution in [2.75, 3.05) is 0 Å². The van der Waals surface area contributed by atoms with Crippen LogP contribution in [0.1, 0.15) is 0 Å². The summed E-state index contributed by atoms with van der Waals surface area (Å²) in [7, 11) is -56.7. The van der Waals surface area contributed by atoms with Crippen LogP contribution in [0, 0.1) is 0 Å². The summed E-state index contributed by atoms with van der Waals surface area (Å²) in [5, 5.41) is 0. The molecule has 0 spiro atoms. The molecular formula is C24H36O18Si12. The van der Waals surface area contributed by atoms with E-state index in [2.05, 4.69) is 78.9 Å². The second kappa shape index (κ2) is 13.1. The van der Waals surface area contributed by atoms with Gasteiger partial charge >= 0.3 is 106 Å². The van der Waals surface area contributed by atoms with Crippen LogP contribution in [0.2, 0.25) is 0 Å². The maximum atomic E-state index is 6.94. The quantitative estimate of drug-likeness (QED) is 0.262. The molecule has 0 amide bonds. The van der Waals surface area contributed by atoms with Crippen LogP contribution < -0.4 is 0 Å². The predicted molar refractivity (Wildman–Crippen MR) is 211 cm³/mol. The Morgan fingerprint density at radius 1 is 0.148 bits per heavy atom. The molecule has 0 atom stereocenters. The molecule has 8 saturated heterocycles. The molecule has 0 N–H and O–H groups in total. The maximum Gasteiger partial charge on any atom is 0.507 e. The minimum absolute atomic E-state index is 1.26. The van der Waals surface area contributed by atoms with Crippen LogP contribution in [0.15, 0.2) is 147 Å². The predicted octanol–water partition coefficient (Wildman–Crippen LogP) is 2.35. The molecule has 30 heteroatoms. The second-order valence-corrected chi connectivity index (χ2v) is 45.6. The average Bonchev–Trinajstić information content (AvgIpc) is 3.14. The van der Waals surface area contributed by atoms with E-state index in [9.17, 15) is 0 Å². The van der Waals surface area contributed by atoms with E-state index in [1.165, 1.54) is 68.4 Å². The number of rotatable bonds is 12. The van der Waals surface area contributed by atoms with E-state index in [0.717, 1.165) is 0 Å². The Bertz CT molecular complexity index is 1470. The molecule has 0 unspecified atom stereocenters. The molecule has 8 heterocycles. The number of hydrogen-bond donors (Lipinski definition) is 0. The van der Waals surface area contributed by atoms with Crippen molar-refractivity contribution < 1.29 is 74.1 Å². The van der Waals surface area contributed by atoms with Gasteiger partial charge in [-0.2, -0.15) is 0 Å². The van der Waals surface area contributed by atoms with E-state index in [1.807, 2.05) is 0 Å². The van der Waals surface area contributed by atoms with Gasteiger partial charge < -0.3 is 74.1 Å². The van der Waals surface area contributed by atoms with Gasteiger partial charge in [-0.1, -0.05) is 0 Å². The first kappa shape index (κ1) is 40.9. The fraction of sp³-hybridized carbons (Fsp3) is 0. The van der Waals surface area contributed by atoms with Gasteiger partial charge in [0.25, 0.3) is 0 Å². The van der Waals surface area contributed by atoms with E-state index in [-0.39, 0.29) is 0 Å². The second-order valence-electron chi connectivity index (χ2n) is 11.5. The van der Waals surface area contributed by atoms with E-state index >= 15 is 0 Å². The van der Waals surface area contributed by atoms with Gasteiger partial charge in [-0.3, -0.25) is 0 Å². The van der Waals surface area contributed by atoms with E-state index < -0.39 is 106 Å². The summed E-state index contributed by atoms with van der Waals surface area (Å²) in [5.74, 6) is 0. The zero-order valence-corrected chi connectivity index (χ0v) is 40.8. The topological polar surface area (TPSA) is 166 Å². The van der Waals surface area contributed by atoms with Crippen LogP contribution >= 0.6 is 0 Å². The molecule has 8 aliphatic heterocycles. The number of hydrogen-bond acceptors (Lipinski definition) is 18. The van der Waals surface area contributed by atoms with Crippen molar-refractivity contribution in [2.24, 2.45) is 0 Å². The lowest BCUT2D eigenvalue weighted by Gasteiger charge is -2.60. The standard InChI is InChI=1S/C24H36O18Si12/c1-13-43-25-51(21-9)28-46(16-4)35-49(19-7)31-52(22-10,41-51)26-44(14-2,33-43)38-48(18-6)30-53(23-11)27-45(15-3,37-43)34-47(17-5,39-46)29-54(24-12,42-53)32-50(20-8,36-48)40-49/h13-24H,1-12H2/t43-,44+,45-,46+,47+,48+,49-,50-,51?,52?,53?,54?. The fourth-order valence-electron chi connectivity index (χ4n) is 5.82. The van der Waals surface area contributed by atoms with Crippen LogP contribution in [-0.2, 0) is 74.1 Å². The molecule has 0 aliphatic carbocycles. The highest BCUT2D eigenvalue weighted by Gasteiger charge is 2.82. The van der Waals surface area contributed by atoms with Gasteiger partial charge in [-0.25, -0.2) is 0 Å². The molecule has 54 heavy (non-hydrogen) atoms. The first-order chi connectivity index (χ1) is 25.5. The maximum absolute atomic E-state index is 6.94. The monoisotopic (exact) mass is 948 g/mol. The van der Waals surface area contributed by atoms with Gasteiger partial charge in [0.15, 0.2) is 0 Å². The third-order valence-electron chi connectivity index (χ3n) is 8.12. The molecule has 0 aromatic heterocycles. The smallest absolute Gasteiger partial charge is 0.367 e. The van der Waals surface area contributed by atoms with E-state index in [1.54, 1.807) is 0 Å². The highest BCUT2D eigenvalue weighted by molar-refractivity contribution is 7.08. The molecule has 0 aromatic carbocycles. The van der Waals surface area contributed by atoms with Crippen molar-refractivity contribution in [3.05, 3.63) is 147 Å². The van der Waals surface area contributed by atoms with Gasteiger partial charge in [-0.05, 0) is 68.4 Å². The summed E-state index contributed by atoms with van der Waals surface area (Å²) in [6.45, 7) is 48.6. The summed E-state index contributed by atoms with van der Waals surface area (Å²) in [6.07, 6.45) is 0. The molecule has 8 aliphatic rings. The Morgan fingerprint density at radius 3 is 0.241 bits per heavy atom. The van der Waals surface area contributed by atoms with Crippen LogP contribution in [0.3, 0.4) is 0 Å². The Morgan fingerprint density at radius 2 is 0.204 bits per heavy atom. The van der Waals surface area contributed by atoms with Crippen molar-refractivity contribution in [1.29, 1.82) is 0 Å². The van der Waals surface area contributed by atoms with Crippen LogP contribution in [0.5, 0.6) is 0 Å². The van der Waals surface area contributed by atoms with Crippen molar-refractivity contribution in [3.63, 3.8) is 0 Å². The lowest BCUT2D eigenvalue weighted by molar-refractivity contribution is -0.00332. The van der Waals surface area contributed by atoms with Gasteiger partial charge in [0, 0.05) is 0 Å². The minimum atomic E-state index is -4.76. The lowest BCUT2D eigenvalue weighted by atomic mass is 11.3. The van der Waals surface area contributed by atoms with Crippen molar-refractivity contribution in [2.45, 2.75) is 0 Å². The van der Waals surface area contributed by atoms with E-state index in [0.29, 0.717) is 0 Å². The van der Waals surface area contributed by atoms with Crippen LogP contribution in [0.25, 0.3) is 0 Å². The molecule has 0 saturated carbocycles. The molecule has 0 radical (unpaired) electrons. The molecule has 8 fully saturated rings. The van der Waals surface area contributed by atoms with Crippen molar-refractivity contribution in [3.8, 4) is 0 Å². The van der Waals surface area contributed by atoms with Crippen LogP contribution in [0.4, 0.5) is 0 Å². The molecule has 0 aromatic rings. The highest BCUT2D eigenvalue weighted by Crippen LogP contribution is 2.51. The fourth-order valence-corrected chi connectivity index (χ4v) is 65.9.